The molecule has 0 fully saturated rings. The van der Waals surface area contributed by atoms with Gasteiger partial charge in [-0.1, -0.05) is 0 Å². The molecule has 57 heavy (non-hydrogen) atoms. The van der Waals surface area contributed by atoms with E-state index < -0.39 is 0 Å². The summed E-state index contributed by atoms with van der Waals surface area (Å²) in [4.78, 5) is 41.6. The Balaban J connectivity index is 0.00000144. The molecule has 0 aliphatic carbocycles. The fraction of sp³-hybridized carbons (Fsp3) is 0.222. The van der Waals surface area contributed by atoms with E-state index in [-0.39, 0.29) is 142 Å². The van der Waals surface area contributed by atoms with Crippen molar-refractivity contribution in [2.24, 2.45) is 34.9 Å². The molecule has 5 aliphatic heterocycles. The van der Waals surface area contributed by atoms with E-state index in [0.29, 0.717) is 94.4 Å². The molecule has 0 radical (unpaired) electrons. The smallest absolute Gasteiger partial charge is 1.00 e. The summed E-state index contributed by atoms with van der Waals surface area (Å²) >= 11 is 0. The van der Waals surface area contributed by atoms with Crippen molar-refractivity contribution < 1.29 is 150 Å². The second-order valence-corrected chi connectivity index (χ2v) is 12.4. The third-order valence-electron chi connectivity index (χ3n) is 9.13. The first-order valence-corrected chi connectivity index (χ1v) is 16.8. The molecule has 4 aromatic rings. The number of aliphatic hydroxyl groups excluding tert-OH is 4. The van der Waals surface area contributed by atoms with Gasteiger partial charge in [0.15, 0.2) is 80.2 Å². The second kappa shape index (κ2) is 20.1. The number of aromatic nitrogens is 4. The molecule has 0 aromatic carbocycles. The summed E-state index contributed by atoms with van der Waals surface area (Å²) in [5.74, 6) is 2.73. The zero-order chi connectivity index (χ0) is 35.3. The van der Waals surface area contributed by atoms with Crippen LogP contribution in [-0.4, -0.2) is 93.3 Å². The topological polar surface area (TPSA) is 196 Å². The Morgan fingerprint density at radius 2 is 0.930 bits per heavy atom. The summed E-state index contributed by atoms with van der Waals surface area (Å²) in [6, 6.07) is 5.68. The third kappa shape index (κ3) is 8.95. The maximum Gasteiger partial charge on any atom is 2.00 e. The van der Waals surface area contributed by atoms with Crippen molar-refractivity contribution in [2.75, 3.05) is 33.0 Å². The first kappa shape index (κ1) is 47.0. The molecule has 21 heteroatoms. The first-order valence-electron chi connectivity index (χ1n) is 16.8. The Kier molecular flexibility index (Phi) is 16.6. The summed E-state index contributed by atoms with van der Waals surface area (Å²) in [5, 5.41) is 39.5. The molecule has 0 atom stereocenters. The number of pyridine rings is 3. The van der Waals surface area contributed by atoms with Gasteiger partial charge in [0, 0.05) is 70.4 Å². The van der Waals surface area contributed by atoms with Crippen molar-refractivity contribution in [1.29, 1.82) is 0 Å². The SMILES string of the molecule is OCCN1C=Cc2c3[n-]c(c2=C1)=NC1=NC(=NC2=NC(=NC4=NC(=N3)c3c[n+](CCO)ccc34)c3c[n+](CCO)ccc32)c2c[n+](CCO)ccc21.[I-].[I-].[I-].[I-].[Zn+2]. The molecule has 9 rings (SSSR count). The molecule has 5 aliphatic rings. The number of halogens is 4. The number of aliphatic hydroxyl groups is 4. The van der Waals surface area contributed by atoms with E-state index in [9.17, 15) is 20.4 Å². The molecular weight excluding hydrogens is 1240 g/mol. The zero-order valence-electron chi connectivity index (χ0n) is 30.0. The van der Waals surface area contributed by atoms with Gasteiger partial charge in [0.2, 0.25) is 0 Å². The van der Waals surface area contributed by atoms with Gasteiger partial charge in [0.25, 0.3) is 0 Å². The number of rotatable bonds is 8. The van der Waals surface area contributed by atoms with Crippen LogP contribution in [0.4, 0.5) is 5.82 Å². The predicted molar refractivity (Wildman–Crippen MR) is 188 cm³/mol. The molecule has 4 aromatic heterocycles. The van der Waals surface area contributed by atoms with Crippen LogP contribution in [0.3, 0.4) is 0 Å². The van der Waals surface area contributed by atoms with Gasteiger partial charge < -0.3 is 136 Å². The standard InChI is InChI=1S/C36H32N12O4.4HI.Zn/c49-13-9-45-5-1-21-25(17-45)33-37-29(21)41-34-26-18-46(10-14-50)6-2-22(26)31(38-34)43-36-28-20-48(12-16-52)8-4-24(28)32(40-36)44-35-27-19-47(11-15-51)7-3-23(27)30(39-35)42-33;;;;;/h1-8,17-20,49-52H,9-16H2;4*1H;/q+2;;;;;+2/p-4. The Labute approximate surface area is 407 Å². The molecule has 16 nitrogen and oxygen atoms in total. The van der Waals surface area contributed by atoms with Crippen LogP contribution >= 0.6 is 0 Å². The summed E-state index contributed by atoms with van der Waals surface area (Å²) in [6.07, 6.45) is 16.9. The number of amidine groups is 6. The molecule has 0 unspecified atom stereocenters. The average Bonchev–Trinajstić information content (AvgIpc) is 3.87. The van der Waals surface area contributed by atoms with Crippen LogP contribution in [0.5, 0.6) is 0 Å². The Morgan fingerprint density at radius 1 is 0.526 bits per heavy atom. The number of fused-ring (bicyclic) bond motifs is 17. The molecule has 0 spiro atoms. The monoisotopic (exact) mass is 1270 g/mol. The number of hydrogen-bond donors (Lipinski definition) is 4. The maximum absolute atomic E-state index is 9.69. The summed E-state index contributed by atoms with van der Waals surface area (Å²) in [7, 11) is 0. The van der Waals surface area contributed by atoms with Gasteiger partial charge in [-0.15, -0.1) is 0 Å². The van der Waals surface area contributed by atoms with Crippen LogP contribution in [0.1, 0.15) is 38.9 Å². The largest absolute Gasteiger partial charge is 2.00 e. The number of β-amino-alcohol motifs (C(OH)–C–C–N with tert-alkyl or cyclic N) is 1. The summed E-state index contributed by atoms with van der Waals surface area (Å²) in [5.41, 5.74) is 5.43. The summed E-state index contributed by atoms with van der Waals surface area (Å²) in [6.45, 7) is 1.35. The van der Waals surface area contributed by atoms with Gasteiger partial charge in [-0.25, -0.2) is 38.7 Å². The normalized spacial score (nSPS) is 14.6. The van der Waals surface area contributed by atoms with Gasteiger partial charge in [-0.2, -0.15) is 0 Å². The van der Waals surface area contributed by atoms with Gasteiger partial charge >= 0.3 is 19.5 Å². The minimum Gasteiger partial charge on any atom is -1.00 e. The first-order chi connectivity index (χ1) is 25.5. The van der Waals surface area contributed by atoms with Crippen molar-refractivity contribution in [3.8, 4) is 0 Å². The van der Waals surface area contributed by atoms with Crippen LogP contribution < -0.4 is 125 Å². The fourth-order valence-electron chi connectivity index (χ4n) is 6.63. The van der Waals surface area contributed by atoms with E-state index in [2.05, 4.69) is 0 Å². The van der Waals surface area contributed by atoms with Crippen molar-refractivity contribution in [3.63, 3.8) is 0 Å². The van der Waals surface area contributed by atoms with Gasteiger partial charge in [0.05, 0.1) is 29.1 Å². The molecule has 8 bridgehead atoms. The predicted octanol–water partition coefficient (Wildman–Crippen LogP) is -14.6. The van der Waals surface area contributed by atoms with E-state index in [0.717, 1.165) is 22.3 Å². The van der Waals surface area contributed by atoms with E-state index in [1.54, 1.807) is 0 Å². The molecule has 0 amide bonds. The van der Waals surface area contributed by atoms with Crippen molar-refractivity contribution in [2.45, 2.75) is 19.6 Å². The molecule has 0 saturated heterocycles. The van der Waals surface area contributed by atoms with Crippen LogP contribution in [0.15, 0.2) is 96.5 Å². The minimum absolute atomic E-state index is 0. The van der Waals surface area contributed by atoms with Gasteiger partial charge in [-0.05, 0) is 11.6 Å². The van der Waals surface area contributed by atoms with Crippen LogP contribution in [0.25, 0.3) is 12.3 Å². The average molecular weight is 1270 g/mol. The molecule has 290 valence electrons. The van der Waals surface area contributed by atoms with Crippen molar-refractivity contribution in [3.05, 3.63) is 111 Å². The fourth-order valence-corrected chi connectivity index (χ4v) is 6.63. The number of aliphatic imine (C=N–C) groups is 6. The molecule has 0 saturated carbocycles. The number of hydrogen-bond acceptors (Lipinski definition) is 12. The quantitative estimate of drug-likeness (QED) is 0.0769. The van der Waals surface area contributed by atoms with E-state index in [1.165, 1.54) is 0 Å². The van der Waals surface area contributed by atoms with Gasteiger partial charge in [0.1, 0.15) is 25.7 Å². The molecular formula is C36H32I4N12O4Zn. The van der Waals surface area contributed by atoms with Crippen LogP contribution in [0.2, 0.25) is 0 Å². The van der Waals surface area contributed by atoms with Crippen LogP contribution in [0, 0.1) is 0 Å². The third-order valence-corrected chi connectivity index (χ3v) is 9.13. The Hall–Kier alpha value is -2.66. The Bertz CT molecular complexity index is 2570. The van der Waals surface area contributed by atoms with E-state index in [4.69, 9.17) is 39.9 Å². The maximum atomic E-state index is 9.69. The van der Waals surface area contributed by atoms with Crippen LogP contribution in [-0.2, 0) is 39.1 Å². The molecule has 9 heterocycles. The Morgan fingerprint density at radius 3 is 1.35 bits per heavy atom. The second-order valence-electron chi connectivity index (χ2n) is 12.4. The zero-order valence-corrected chi connectivity index (χ0v) is 41.6. The van der Waals surface area contributed by atoms with Crippen molar-refractivity contribution >= 4 is 53.1 Å². The molecule has 4 N–H and O–H groups in total. The van der Waals surface area contributed by atoms with E-state index in [1.807, 2.05) is 92.5 Å². The van der Waals surface area contributed by atoms with E-state index >= 15 is 0 Å². The summed E-state index contributed by atoms with van der Waals surface area (Å²) < 4.78 is 5.59. The minimum atomic E-state index is -0.0429. The van der Waals surface area contributed by atoms with Gasteiger partial charge in [-0.3, -0.25) is 0 Å². The van der Waals surface area contributed by atoms with Crippen molar-refractivity contribution in [1.82, 2.24) is 9.88 Å². The number of nitrogens with zero attached hydrogens (tertiary/aromatic N) is 12.